The lowest BCUT2D eigenvalue weighted by molar-refractivity contribution is 0.174. The molecule has 0 bridgehead atoms. The molecule has 0 fully saturated rings. The molecule has 37 heavy (non-hydrogen) atoms. The van der Waals surface area contributed by atoms with Crippen LogP contribution in [0.3, 0.4) is 0 Å². The third-order valence-corrected chi connectivity index (χ3v) is 7.37. The van der Waals surface area contributed by atoms with Crippen molar-refractivity contribution in [3.8, 4) is 28.3 Å². The summed E-state index contributed by atoms with van der Waals surface area (Å²) in [6, 6.07) is 20.0. The first-order valence-corrected chi connectivity index (χ1v) is 12.1. The van der Waals surface area contributed by atoms with Crippen molar-refractivity contribution < 1.29 is 9.47 Å². The van der Waals surface area contributed by atoms with Crippen LogP contribution in [-0.4, -0.2) is 20.5 Å². The SMILES string of the molecule is Cc1cccc(-c2cccc3c2-n2cc4c(=O)n(C)c(=O)n(C)c4c2C(c2ccc4c(c2)OCO4)N3)c1. The fraction of sp³-hybridized carbons (Fsp3) is 0.172. The van der Waals surface area contributed by atoms with Gasteiger partial charge in [-0.3, -0.25) is 13.9 Å². The average Bonchev–Trinajstić information content (AvgIpc) is 3.55. The first kappa shape index (κ1) is 21.6. The molecule has 2 aromatic heterocycles. The van der Waals surface area contributed by atoms with Crippen molar-refractivity contribution in [3.05, 3.63) is 105 Å². The van der Waals surface area contributed by atoms with Crippen molar-refractivity contribution in [2.75, 3.05) is 12.1 Å². The van der Waals surface area contributed by atoms with Gasteiger partial charge >= 0.3 is 5.69 Å². The predicted octanol–water partition coefficient (Wildman–Crippen LogP) is 4.25. The number of rotatable bonds is 2. The van der Waals surface area contributed by atoms with E-state index in [9.17, 15) is 9.59 Å². The van der Waals surface area contributed by atoms with Crippen LogP contribution in [-0.2, 0) is 14.1 Å². The lowest BCUT2D eigenvalue weighted by Crippen LogP contribution is -2.37. The van der Waals surface area contributed by atoms with Gasteiger partial charge in [-0.25, -0.2) is 4.79 Å². The normalized spacial score (nSPS) is 15.4. The Labute approximate surface area is 211 Å². The number of hydrogen-bond donors (Lipinski definition) is 1. The molecule has 8 heteroatoms. The summed E-state index contributed by atoms with van der Waals surface area (Å²) in [5.41, 5.74) is 6.80. The highest BCUT2D eigenvalue weighted by Gasteiger charge is 2.33. The van der Waals surface area contributed by atoms with E-state index in [4.69, 9.17) is 9.47 Å². The minimum absolute atomic E-state index is 0.184. The first-order valence-electron chi connectivity index (χ1n) is 12.1. The maximum Gasteiger partial charge on any atom is 0.331 e. The first-order chi connectivity index (χ1) is 17.9. The minimum atomic E-state index is -0.367. The number of para-hydroxylation sites is 1. The Morgan fingerprint density at radius 2 is 1.73 bits per heavy atom. The second-order valence-corrected chi connectivity index (χ2v) is 9.61. The molecule has 1 unspecified atom stereocenters. The fourth-order valence-electron chi connectivity index (χ4n) is 5.59. The molecule has 0 saturated carbocycles. The van der Waals surface area contributed by atoms with Gasteiger partial charge in [0.15, 0.2) is 11.5 Å². The fourth-order valence-corrected chi connectivity index (χ4v) is 5.59. The van der Waals surface area contributed by atoms with Crippen molar-refractivity contribution in [1.82, 2.24) is 13.7 Å². The van der Waals surface area contributed by atoms with Crippen LogP contribution in [0.1, 0.15) is 22.9 Å². The third kappa shape index (κ3) is 3.02. The predicted molar refractivity (Wildman–Crippen MR) is 142 cm³/mol. The second-order valence-electron chi connectivity index (χ2n) is 9.61. The molecule has 7 rings (SSSR count). The van der Waals surface area contributed by atoms with Crippen LogP contribution < -0.4 is 26.0 Å². The zero-order valence-electron chi connectivity index (χ0n) is 20.6. The second kappa shape index (κ2) is 7.64. The minimum Gasteiger partial charge on any atom is -0.454 e. The van der Waals surface area contributed by atoms with Crippen LogP contribution in [0.2, 0.25) is 0 Å². The number of fused-ring (bicyclic) bond motifs is 6. The van der Waals surface area contributed by atoms with Crippen molar-refractivity contribution in [1.29, 1.82) is 0 Å². The maximum atomic E-state index is 13.3. The summed E-state index contributed by atoms with van der Waals surface area (Å²) < 4.78 is 16.0. The van der Waals surface area contributed by atoms with Crippen LogP contribution in [0, 0.1) is 6.92 Å². The van der Waals surface area contributed by atoms with Crippen LogP contribution in [0.25, 0.3) is 27.7 Å². The Hall–Kier alpha value is -4.72. The molecule has 5 aromatic rings. The zero-order valence-corrected chi connectivity index (χ0v) is 20.6. The highest BCUT2D eigenvalue weighted by Crippen LogP contribution is 2.45. The summed E-state index contributed by atoms with van der Waals surface area (Å²) in [6.45, 7) is 2.26. The van der Waals surface area contributed by atoms with Crippen LogP contribution in [0.15, 0.2) is 76.4 Å². The smallest absolute Gasteiger partial charge is 0.331 e. The highest BCUT2D eigenvalue weighted by atomic mass is 16.7. The molecule has 1 atom stereocenters. The number of nitrogens with zero attached hydrogens (tertiary/aromatic N) is 3. The van der Waals surface area contributed by atoms with Crippen molar-refractivity contribution >= 4 is 16.6 Å². The quantitative estimate of drug-likeness (QED) is 0.399. The van der Waals surface area contributed by atoms with Gasteiger partial charge in [-0.2, -0.15) is 0 Å². The van der Waals surface area contributed by atoms with Gasteiger partial charge in [0.25, 0.3) is 5.56 Å². The van der Waals surface area contributed by atoms with E-state index in [2.05, 4.69) is 41.1 Å². The highest BCUT2D eigenvalue weighted by molar-refractivity contribution is 5.90. The number of aryl methyl sites for hydroxylation is 2. The van der Waals surface area contributed by atoms with Gasteiger partial charge in [-0.05, 0) is 36.2 Å². The van der Waals surface area contributed by atoms with E-state index in [1.165, 1.54) is 7.05 Å². The molecule has 3 aromatic carbocycles. The number of ether oxygens (including phenoxy) is 2. The largest absolute Gasteiger partial charge is 0.454 e. The van der Waals surface area contributed by atoms with E-state index in [0.717, 1.165) is 43.9 Å². The van der Waals surface area contributed by atoms with Gasteiger partial charge in [-0.1, -0.05) is 48.0 Å². The van der Waals surface area contributed by atoms with Gasteiger partial charge in [-0.15, -0.1) is 0 Å². The van der Waals surface area contributed by atoms with Gasteiger partial charge in [0.05, 0.1) is 34.0 Å². The summed E-state index contributed by atoms with van der Waals surface area (Å²) in [5.74, 6) is 1.37. The maximum absolute atomic E-state index is 13.3. The van der Waals surface area contributed by atoms with Gasteiger partial charge < -0.3 is 19.4 Å². The number of benzene rings is 3. The summed E-state index contributed by atoms with van der Waals surface area (Å²) in [7, 11) is 3.23. The monoisotopic (exact) mass is 492 g/mol. The Bertz CT molecular complexity index is 1880. The molecule has 1 N–H and O–H groups in total. The van der Waals surface area contributed by atoms with Crippen molar-refractivity contribution in [2.24, 2.45) is 14.1 Å². The summed E-state index contributed by atoms with van der Waals surface area (Å²) in [4.78, 5) is 26.3. The topological polar surface area (TPSA) is 79.4 Å². The molecule has 8 nitrogen and oxygen atoms in total. The Morgan fingerprint density at radius 3 is 2.57 bits per heavy atom. The van der Waals surface area contributed by atoms with Gasteiger partial charge in [0, 0.05) is 25.9 Å². The molecular weight excluding hydrogens is 468 g/mol. The number of anilines is 1. The molecule has 2 aliphatic rings. The van der Waals surface area contributed by atoms with E-state index in [0.29, 0.717) is 22.4 Å². The molecule has 0 spiro atoms. The van der Waals surface area contributed by atoms with E-state index >= 15 is 0 Å². The summed E-state index contributed by atoms with van der Waals surface area (Å²) in [6.07, 6.45) is 1.87. The molecule has 0 saturated heterocycles. The number of aromatic nitrogens is 3. The van der Waals surface area contributed by atoms with Crippen molar-refractivity contribution in [3.63, 3.8) is 0 Å². The molecular formula is C29H24N4O4. The molecule has 0 radical (unpaired) electrons. The number of hydrogen-bond acceptors (Lipinski definition) is 5. The van der Waals surface area contributed by atoms with E-state index in [1.54, 1.807) is 11.6 Å². The van der Waals surface area contributed by atoms with Crippen molar-refractivity contribution in [2.45, 2.75) is 13.0 Å². The molecule has 0 aliphatic carbocycles. The van der Waals surface area contributed by atoms with Gasteiger partial charge in [0.2, 0.25) is 6.79 Å². The average molecular weight is 493 g/mol. The van der Waals surface area contributed by atoms with E-state index < -0.39 is 0 Å². The summed E-state index contributed by atoms with van der Waals surface area (Å²) >= 11 is 0. The summed E-state index contributed by atoms with van der Waals surface area (Å²) in [5, 5.41) is 4.19. The van der Waals surface area contributed by atoms with Crippen LogP contribution in [0.4, 0.5) is 5.69 Å². The molecule has 4 heterocycles. The van der Waals surface area contributed by atoms with E-state index in [1.807, 2.05) is 42.6 Å². The molecule has 2 aliphatic heterocycles. The van der Waals surface area contributed by atoms with E-state index in [-0.39, 0.29) is 24.1 Å². The zero-order chi connectivity index (χ0) is 25.4. The third-order valence-electron chi connectivity index (χ3n) is 7.37. The standard InChI is InChI=1S/C29H24N4O4/c1-16-6-4-7-17(12-16)19-8-5-9-21-25(19)33-14-20-26(31(2)29(35)32(3)28(20)34)27(33)24(30-21)18-10-11-22-23(13-18)37-15-36-22/h4-14,24,30H,15H2,1-3H3. The lowest BCUT2D eigenvalue weighted by Gasteiger charge is -2.32. The Morgan fingerprint density at radius 1 is 0.919 bits per heavy atom. The van der Waals surface area contributed by atoms with Crippen LogP contribution in [0.5, 0.6) is 11.5 Å². The lowest BCUT2D eigenvalue weighted by atomic mass is 9.95. The van der Waals surface area contributed by atoms with Crippen LogP contribution >= 0.6 is 0 Å². The molecule has 184 valence electrons. The number of nitrogens with one attached hydrogen (secondary N) is 1. The van der Waals surface area contributed by atoms with Gasteiger partial charge in [0.1, 0.15) is 0 Å². The Balaban J connectivity index is 1.58. The Kier molecular flexibility index (Phi) is 4.45. The molecule has 0 amide bonds.